The Hall–Kier alpha value is -1.89. The van der Waals surface area contributed by atoms with Gasteiger partial charge in [-0.05, 0) is 37.5 Å². The highest BCUT2D eigenvalue weighted by Crippen LogP contribution is 2.27. The monoisotopic (exact) mass is 333 g/mol. The Kier molecular flexibility index (Phi) is 5.50. The molecule has 2 aliphatic heterocycles. The van der Waals surface area contributed by atoms with Crippen LogP contribution in [0.5, 0.6) is 0 Å². The van der Waals surface area contributed by atoms with Gasteiger partial charge in [-0.2, -0.15) is 0 Å². The molecule has 0 saturated carbocycles. The predicted molar refractivity (Wildman–Crippen MR) is 92.8 cm³/mol. The summed E-state index contributed by atoms with van der Waals surface area (Å²) in [7, 11) is 0. The zero-order valence-electron chi connectivity index (χ0n) is 14.1. The van der Waals surface area contributed by atoms with Gasteiger partial charge in [-0.3, -0.25) is 4.79 Å². The molecule has 2 aliphatic rings. The number of amides is 1. The van der Waals surface area contributed by atoms with Crippen LogP contribution < -0.4 is 15.5 Å². The average Bonchev–Trinajstić information content (AvgIpc) is 2.61. The van der Waals surface area contributed by atoms with Gasteiger partial charge in [-0.15, -0.1) is 0 Å². The van der Waals surface area contributed by atoms with E-state index in [-0.39, 0.29) is 12.5 Å². The van der Waals surface area contributed by atoms with Gasteiger partial charge in [-0.25, -0.2) is 9.97 Å². The Bertz CT molecular complexity index is 568. The number of carbonyl (C=O) groups excluding carboxylic acids is 1. The molecular weight excluding hydrogens is 306 g/mol. The van der Waals surface area contributed by atoms with Crippen molar-refractivity contribution in [3.05, 3.63) is 12.4 Å². The van der Waals surface area contributed by atoms with Crippen molar-refractivity contribution in [2.75, 3.05) is 42.6 Å². The Morgan fingerprint density at radius 3 is 2.29 bits per heavy atom. The first kappa shape index (κ1) is 17.0. The number of carbonyl (C=O) groups is 1. The summed E-state index contributed by atoms with van der Waals surface area (Å²) in [5, 5.41) is 9.41. The first-order valence-corrected chi connectivity index (χ1v) is 8.87. The van der Waals surface area contributed by atoms with Gasteiger partial charge in [0.05, 0.1) is 0 Å². The Balaban J connectivity index is 1.69. The van der Waals surface area contributed by atoms with Crippen LogP contribution in [0.3, 0.4) is 0 Å². The van der Waals surface area contributed by atoms with E-state index in [1.165, 1.54) is 0 Å². The molecule has 24 heavy (non-hydrogen) atoms. The van der Waals surface area contributed by atoms with Crippen LogP contribution in [-0.4, -0.2) is 53.8 Å². The molecule has 2 fully saturated rings. The van der Waals surface area contributed by atoms with Crippen molar-refractivity contribution in [1.29, 1.82) is 0 Å². The van der Waals surface area contributed by atoms with Gasteiger partial charge in [0.1, 0.15) is 18.0 Å². The molecule has 3 rings (SSSR count). The molecule has 7 heteroatoms. The van der Waals surface area contributed by atoms with Crippen LogP contribution in [0.15, 0.2) is 12.4 Å². The number of hydrogen-bond acceptors (Lipinski definition) is 6. The maximum atomic E-state index is 11.2. The predicted octanol–water partition coefficient (Wildman–Crippen LogP) is 0.777. The molecule has 2 unspecified atom stereocenters. The fourth-order valence-electron chi connectivity index (χ4n) is 3.83. The number of aliphatic hydroxyl groups is 1. The van der Waals surface area contributed by atoms with Gasteiger partial charge in [0.15, 0.2) is 0 Å². The molecule has 0 aliphatic carbocycles. The van der Waals surface area contributed by atoms with Crippen LogP contribution in [0.2, 0.25) is 0 Å². The molecule has 2 saturated heterocycles. The molecule has 0 radical (unpaired) electrons. The van der Waals surface area contributed by atoms with E-state index in [4.69, 9.17) is 5.73 Å². The van der Waals surface area contributed by atoms with Crippen molar-refractivity contribution in [3.63, 3.8) is 0 Å². The molecule has 1 amide bonds. The number of primary amides is 1. The lowest BCUT2D eigenvalue weighted by atomic mass is 9.94. The quantitative estimate of drug-likeness (QED) is 0.827. The summed E-state index contributed by atoms with van der Waals surface area (Å²) >= 11 is 0. The maximum Gasteiger partial charge on any atom is 0.217 e. The standard InChI is InChI=1S/C17H27N5O2/c18-15(24)7-13-3-1-5-21(9-13)16-8-17(20-12-19-16)22-6-2-4-14(10-22)11-23/h8,12-14,23H,1-7,9-11H2,(H2,18,24). The fraction of sp³-hybridized carbons (Fsp3) is 0.706. The van der Waals surface area contributed by atoms with E-state index in [9.17, 15) is 9.90 Å². The highest BCUT2D eigenvalue weighted by Gasteiger charge is 2.24. The number of nitrogens with two attached hydrogens (primary N) is 1. The third-order valence-electron chi connectivity index (χ3n) is 5.07. The van der Waals surface area contributed by atoms with Crippen molar-refractivity contribution in [2.24, 2.45) is 17.6 Å². The van der Waals surface area contributed by atoms with E-state index in [0.29, 0.717) is 18.3 Å². The summed E-state index contributed by atoms with van der Waals surface area (Å²) in [5.41, 5.74) is 5.35. The summed E-state index contributed by atoms with van der Waals surface area (Å²) in [5.74, 6) is 2.25. The summed E-state index contributed by atoms with van der Waals surface area (Å²) < 4.78 is 0. The first-order valence-electron chi connectivity index (χ1n) is 8.87. The van der Waals surface area contributed by atoms with E-state index < -0.39 is 0 Å². The number of hydrogen-bond donors (Lipinski definition) is 2. The van der Waals surface area contributed by atoms with Gasteiger partial charge >= 0.3 is 0 Å². The van der Waals surface area contributed by atoms with Crippen LogP contribution in [-0.2, 0) is 4.79 Å². The fourth-order valence-corrected chi connectivity index (χ4v) is 3.83. The molecule has 3 heterocycles. The number of aromatic nitrogens is 2. The summed E-state index contributed by atoms with van der Waals surface area (Å²) in [6.45, 7) is 3.81. The van der Waals surface area contributed by atoms with Crippen molar-refractivity contribution in [2.45, 2.75) is 32.1 Å². The smallest absolute Gasteiger partial charge is 0.217 e. The van der Waals surface area contributed by atoms with Crippen molar-refractivity contribution < 1.29 is 9.90 Å². The molecule has 0 spiro atoms. The maximum absolute atomic E-state index is 11.2. The number of piperidine rings is 2. The summed E-state index contributed by atoms with van der Waals surface area (Å²) in [4.78, 5) is 24.5. The lowest BCUT2D eigenvalue weighted by molar-refractivity contribution is -0.118. The van der Waals surface area contributed by atoms with Crippen molar-refractivity contribution in [3.8, 4) is 0 Å². The zero-order chi connectivity index (χ0) is 16.9. The molecular formula is C17H27N5O2. The second kappa shape index (κ2) is 7.79. The van der Waals surface area contributed by atoms with Gasteiger partial charge in [0.25, 0.3) is 0 Å². The van der Waals surface area contributed by atoms with Gasteiger partial charge < -0.3 is 20.6 Å². The topological polar surface area (TPSA) is 95.6 Å². The highest BCUT2D eigenvalue weighted by atomic mass is 16.3. The van der Waals surface area contributed by atoms with E-state index in [1.807, 2.05) is 6.07 Å². The molecule has 3 N–H and O–H groups in total. The van der Waals surface area contributed by atoms with Crippen LogP contribution in [0.4, 0.5) is 11.6 Å². The minimum absolute atomic E-state index is 0.228. The minimum Gasteiger partial charge on any atom is -0.396 e. The number of nitrogens with zero attached hydrogens (tertiary/aromatic N) is 4. The Morgan fingerprint density at radius 2 is 1.71 bits per heavy atom. The van der Waals surface area contributed by atoms with E-state index in [0.717, 1.165) is 63.5 Å². The van der Waals surface area contributed by atoms with Gasteiger partial charge in [0, 0.05) is 45.3 Å². The molecule has 132 valence electrons. The SMILES string of the molecule is NC(=O)CC1CCCN(c2cc(N3CCCC(CO)C3)ncn2)C1. The average molecular weight is 333 g/mol. The highest BCUT2D eigenvalue weighted by molar-refractivity contribution is 5.74. The second-order valence-corrected chi connectivity index (χ2v) is 7.00. The lowest BCUT2D eigenvalue weighted by Gasteiger charge is -2.35. The molecule has 1 aromatic heterocycles. The number of aliphatic hydroxyl groups excluding tert-OH is 1. The van der Waals surface area contributed by atoms with Gasteiger partial charge in [0.2, 0.25) is 5.91 Å². The molecule has 2 atom stereocenters. The Morgan fingerprint density at radius 1 is 1.12 bits per heavy atom. The van der Waals surface area contributed by atoms with Crippen molar-refractivity contribution >= 4 is 17.5 Å². The number of rotatable bonds is 5. The molecule has 1 aromatic rings. The molecule has 0 bridgehead atoms. The summed E-state index contributed by atoms with van der Waals surface area (Å²) in [6, 6.07) is 2.03. The molecule has 0 aromatic carbocycles. The van der Waals surface area contributed by atoms with Crippen LogP contribution >= 0.6 is 0 Å². The normalized spacial score (nSPS) is 24.9. The minimum atomic E-state index is -0.228. The number of anilines is 2. The van der Waals surface area contributed by atoms with Gasteiger partial charge in [-0.1, -0.05) is 0 Å². The van der Waals surface area contributed by atoms with E-state index >= 15 is 0 Å². The molecule has 7 nitrogen and oxygen atoms in total. The van der Waals surface area contributed by atoms with E-state index in [2.05, 4.69) is 19.8 Å². The third-order valence-corrected chi connectivity index (χ3v) is 5.07. The van der Waals surface area contributed by atoms with Crippen LogP contribution in [0.25, 0.3) is 0 Å². The summed E-state index contributed by atoms with van der Waals surface area (Å²) in [6.07, 6.45) is 6.31. The third kappa shape index (κ3) is 4.14. The van der Waals surface area contributed by atoms with E-state index in [1.54, 1.807) is 6.33 Å². The first-order chi connectivity index (χ1) is 11.7. The second-order valence-electron chi connectivity index (χ2n) is 7.00. The van der Waals surface area contributed by atoms with Crippen LogP contribution in [0, 0.1) is 11.8 Å². The van der Waals surface area contributed by atoms with Crippen molar-refractivity contribution in [1.82, 2.24) is 9.97 Å². The lowest BCUT2D eigenvalue weighted by Crippen LogP contribution is -2.39. The Labute approximate surface area is 142 Å². The zero-order valence-corrected chi connectivity index (χ0v) is 14.1. The largest absolute Gasteiger partial charge is 0.396 e. The van der Waals surface area contributed by atoms with Crippen LogP contribution in [0.1, 0.15) is 32.1 Å².